The Bertz CT molecular complexity index is 367. The van der Waals surface area contributed by atoms with Crippen LogP contribution < -0.4 is 5.73 Å². The molecular weight excluding hydrogens is 196 g/mol. The van der Waals surface area contributed by atoms with Gasteiger partial charge in [-0.15, -0.1) is 0 Å². The van der Waals surface area contributed by atoms with Gasteiger partial charge in [0.05, 0.1) is 18.5 Å². The Morgan fingerprint density at radius 1 is 1.67 bits per heavy atom. The number of aromatic nitrogens is 1. The molecule has 0 aliphatic rings. The molecule has 0 aromatic carbocycles. The van der Waals surface area contributed by atoms with E-state index in [4.69, 9.17) is 5.73 Å². The van der Waals surface area contributed by atoms with Gasteiger partial charge in [-0.05, 0) is 6.92 Å². The van der Waals surface area contributed by atoms with E-state index in [-0.39, 0.29) is 6.04 Å². The highest BCUT2D eigenvalue weighted by Crippen LogP contribution is 2.31. The fourth-order valence-electron chi connectivity index (χ4n) is 0.826. The average Bonchev–Trinajstić information content (AvgIpc) is 2.30. The van der Waals surface area contributed by atoms with Crippen molar-refractivity contribution in [1.82, 2.24) is 4.98 Å². The van der Waals surface area contributed by atoms with Crippen LogP contribution in [0.2, 0.25) is 0 Å². The van der Waals surface area contributed by atoms with Crippen molar-refractivity contribution in [2.75, 3.05) is 6.26 Å². The van der Waals surface area contributed by atoms with Crippen LogP contribution in [0.1, 0.15) is 17.8 Å². The van der Waals surface area contributed by atoms with Crippen molar-refractivity contribution in [2.24, 2.45) is 5.73 Å². The van der Waals surface area contributed by atoms with E-state index in [9.17, 15) is 8.42 Å². The van der Waals surface area contributed by atoms with Gasteiger partial charge in [0.15, 0.2) is 0 Å². The zero-order valence-electron chi connectivity index (χ0n) is 6.89. The van der Waals surface area contributed by atoms with Gasteiger partial charge in [-0.25, -0.2) is 4.98 Å². The van der Waals surface area contributed by atoms with E-state index >= 15 is 0 Å². The third kappa shape index (κ3) is 1.82. The van der Waals surface area contributed by atoms with E-state index in [0.29, 0.717) is 4.88 Å². The molecule has 1 aromatic rings. The van der Waals surface area contributed by atoms with Crippen LogP contribution in [0.5, 0.6) is 0 Å². The summed E-state index contributed by atoms with van der Waals surface area (Å²) < 4.78 is 22.3. The SMILES string of the molecule is C[C@H](N)c1cnc[s+]1S(C)(=O)=O. The highest BCUT2D eigenvalue weighted by atomic mass is 33.2. The number of nitrogens with zero attached hydrogens (tertiary/aromatic N) is 1. The van der Waals surface area contributed by atoms with E-state index in [1.165, 1.54) is 18.0 Å². The van der Waals surface area contributed by atoms with Gasteiger partial charge >= 0.3 is 8.87 Å². The van der Waals surface area contributed by atoms with E-state index in [1.807, 2.05) is 0 Å². The molecule has 0 saturated carbocycles. The molecule has 0 aliphatic carbocycles. The number of hydrogen-bond donors (Lipinski definition) is 1. The van der Waals surface area contributed by atoms with Crippen LogP contribution in [0.15, 0.2) is 11.7 Å². The molecule has 1 rings (SSSR count). The minimum Gasteiger partial charge on any atom is -0.320 e. The van der Waals surface area contributed by atoms with Crippen LogP contribution in [0.4, 0.5) is 0 Å². The maximum Gasteiger partial charge on any atom is 0.336 e. The lowest BCUT2D eigenvalue weighted by molar-refractivity contribution is 0.615. The Morgan fingerprint density at radius 2 is 2.25 bits per heavy atom. The van der Waals surface area contributed by atoms with Crippen molar-refractivity contribution in [3.8, 4) is 0 Å². The van der Waals surface area contributed by atoms with Gasteiger partial charge < -0.3 is 5.73 Å². The second-order valence-corrected chi connectivity index (χ2v) is 8.16. The molecule has 12 heavy (non-hydrogen) atoms. The van der Waals surface area contributed by atoms with E-state index in [2.05, 4.69) is 4.98 Å². The topological polar surface area (TPSA) is 73.0 Å². The predicted octanol–water partition coefficient (Wildman–Crippen LogP) is 0.658. The average molecular weight is 207 g/mol. The Morgan fingerprint density at radius 3 is 2.58 bits per heavy atom. The van der Waals surface area contributed by atoms with Gasteiger partial charge in [0.25, 0.3) is 0 Å². The lowest BCUT2D eigenvalue weighted by Crippen LogP contribution is -2.05. The normalized spacial score (nSPS) is 16.1. The molecular formula is C6H11N2O2S2+. The Hall–Kier alpha value is -0.460. The summed E-state index contributed by atoms with van der Waals surface area (Å²) in [5.74, 6) is 0. The molecule has 0 radical (unpaired) electrons. The van der Waals surface area contributed by atoms with E-state index in [0.717, 1.165) is 0 Å². The van der Waals surface area contributed by atoms with E-state index in [1.54, 1.807) is 6.92 Å². The first-order chi connectivity index (χ1) is 5.43. The first kappa shape index (κ1) is 9.63. The molecule has 1 unspecified atom stereocenters. The molecule has 4 nitrogen and oxygen atoms in total. The lowest BCUT2D eigenvalue weighted by Gasteiger charge is -1.95. The number of rotatable bonds is 2. The van der Waals surface area contributed by atoms with Crippen LogP contribution in [0.25, 0.3) is 0 Å². The van der Waals surface area contributed by atoms with Gasteiger partial charge in [-0.1, -0.05) is 0 Å². The van der Waals surface area contributed by atoms with Crippen LogP contribution in [0.3, 0.4) is 0 Å². The van der Waals surface area contributed by atoms with Gasteiger partial charge in [0, 0.05) is 0 Å². The zero-order chi connectivity index (χ0) is 9.35. The van der Waals surface area contributed by atoms with Crippen molar-refractivity contribution in [2.45, 2.75) is 13.0 Å². The smallest absolute Gasteiger partial charge is 0.320 e. The lowest BCUT2D eigenvalue weighted by atomic mass is 10.3. The summed E-state index contributed by atoms with van der Waals surface area (Å²) in [6.07, 6.45) is 2.73. The molecule has 2 N–H and O–H groups in total. The summed E-state index contributed by atoms with van der Waals surface area (Å²) >= 11 is 0. The summed E-state index contributed by atoms with van der Waals surface area (Å²) in [6, 6.07) is -0.245. The standard InChI is InChI=1S/C6H11N2O2S2/c1-5(7)6-3-8-4-11(6)12(2,9)10/h3-5H,7H2,1-2H3/q+1/t5-,11?/m0/s1. The van der Waals surface area contributed by atoms with Crippen molar-refractivity contribution < 1.29 is 8.42 Å². The summed E-state index contributed by atoms with van der Waals surface area (Å²) in [4.78, 5) is 4.49. The number of thiazole rings is 1. The summed E-state index contributed by atoms with van der Waals surface area (Å²) in [7, 11) is -3.96. The largest absolute Gasteiger partial charge is 0.336 e. The molecule has 0 aliphatic heterocycles. The predicted molar refractivity (Wildman–Crippen MR) is 49.6 cm³/mol. The maximum absolute atomic E-state index is 11.2. The molecule has 0 bridgehead atoms. The minimum absolute atomic E-state index is 0.245. The fraction of sp³-hybridized carbons (Fsp3) is 0.500. The first-order valence-electron chi connectivity index (χ1n) is 3.35. The second-order valence-electron chi connectivity index (χ2n) is 2.58. The quantitative estimate of drug-likeness (QED) is 0.571. The number of nitrogens with two attached hydrogens (primary N) is 1. The van der Waals surface area contributed by atoms with Crippen molar-refractivity contribution in [1.29, 1.82) is 0 Å². The van der Waals surface area contributed by atoms with Gasteiger partial charge in [0.1, 0.15) is 9.50 Å². The molecule has 1 aromatic heterocycles. The van der Waals surface area contributed by atoms with Gasteiger partial charge in [0.2, 0.25) is 10.4 Å². The third-order valence-corrected chi connectivity index (χ3v) is 6.07. The summed E-state index contributed by atoms with van der Waals surface area (Å²) in [5, 5.41) is 0. The van der Waals surface area contributed by atoms with Crippen molar-refractivity contribution in [3.05, 3.63) is 16.6 Å². The summed E-state index contributed by atoms with van der Waals surface area (Å²) in [5.41, 5.74) is 7.02. The van der Waals surface area contributed by atoms with Crippen molar-refractivity contribution >= 4 is 18.4 Å². The molecule has 1 heterocycles. The highest BCUT2D eigenvalue weighted by molar-refractivity contribution is 8.38. The van der Waals surface area contributed by atoms with Crippen LogP contribution in [-0.4, -0.2) is 19.7 Å². The van der Waals surface area contributed by atoms with Crippen LogP contribution in [0, 0.1) is 0 Å². The molecule has 68 valence electrons. The Kier molecular flexibility index (Phi) is 2.50. The molecule has 2 atom stereocenters. The maximum atomic E-state index is 11.2. The van der Waals surface area contributed by atoms with Gasteiger partial charge in [-0.3, -0.25) is 0 Å². The zero-order valence-corrected chi connectivity index (χ0v) is 8.52. The molecule has 0 saturated heterocycles. The molecule has 0 fully saturated rings. The Balaban J connectivity index is 3.26. The second kappa shape index (κ2) is 3.12. The molecule has 0 amide bonds. The van der Waals surface area contributed by atoms with Crippen LogP contribution >= 0.6 is 9.50 Å². The van der Waals surface area contributed by atoms with Crippen molar-refractivity contribution in [3.63, 3.8) is 0 Å². The third-order valence-electron chi connectivity index (χ3n) is 1.37. The van der Waals surface area contributed by atoms with Crippen LogP contribution in [-0.2, 0) is 8.87 Å². The fourth-order valence-corrected chi connectivity index (χ4v) is 4.41. The molecule has 6 heteroatoms. The first-order valence-corrected chi connectivity index (χ1v) is 7.05. The van der Waals surface area contributed by atoms with E-state index < -0.39 is 18.4 Å². The monoisotopic (exact) mass is 207 g/mol. The highest BCUT2D eigenvalue weighted by Gasteiger charge is 2.27. The summed E-state index contributed by atoms with van der Waals surface area (Å²) in [6.45, 7) is 1.76. The Labute approximate surface area is 73.7 Å². The van der Waals surface area contributed by atoms with Gasteiger partial charge in [-0.2, -0.15) is 8.42 Å². The minimum atomic E-state index is -3.07. The molecule has 0 spiro atoms. The number of hydrogen-bond acceptors (Lipinski definition) is 4.